The van der Waals surface area contributed by atoms with E-state index >= 15 is 0 Å². The van der Waals surface area contributed by atoms with Crippen molar-refractivity contribution in [3.05, 3.63) is 114 Å². The number of rotatable bonds is 3. The Kier molecular flexibility index (Phi) is 4.81. The molecular weight excluding hydrogens is 506 g/mol. The topological polar surface area (TPSA) is 65.0 Å². The molecule has 5 aromatic carbocycles. The van der Waals surface area contributed by atoms with E-state index in [9.17, 15) is 0 Å². The van der Waals surface area contributed by atoms with Crippen LogP contribution >= 0.6 is 11.6 Å². The second kappa shape index (κ2) is 8.51. The van der Waals surface area contributed by atoms with Gasteiger partial charge in [0, 0.05) is 27.1 Å². The number of benzene rings is 5. The summed E-state index contributed by atoms with van der Waals surface area (Å²) >= 11 is 6.56. The number of hydrogen-bond acceptors (Lipinski definition) is 5. The van der Waals surface area contributed by atoms with Crippen LogP contribution in [0.5, 0.6) is 0 Å². The molecule has 0 amide bonds. The molecular formula is C33H18ClN3O2. The maximum Gasteiger partial charge on any atom is 0.167 e. The minimum Gasteiger partial charge on any atom is -0.455 e. The molecule has 0 spiro atoms. The molecule has 5 nitrogen and oxygen atoms in total. The van der Waals surface area contributed by atoms with Crippen LogP contribution in [0.2, 0.25) is 5.02 Å². The van der Waals surface area contributed by atoms with E-state index in [1.165, 1.54) is 0 Å². The van der Waals surface area contributed by atoms with E-state index < -0.39 is 0 Å². The van der Waals surface area contributed by atoms with Crippen LogP contribution in [0.1, 0.15) is 0 Å². The second-order valence-corrected chi connectivity index (χ2v) is 9.76. The molecule has 0 atom stereocenters. The average molecular weight is 524 g/mol. The zero-order chi connectivity index (χ0) is 25.9. The van der Waals surface area contributed by atoms with Gasteiger partial charge in [0.15, 0.2) is 17.5 Å². The molecule has 0 radical (unpaired) electrons. The highest BCUT2D eigenvalue weighted by Gasteiger charge is 2.20. The quantitative estimate of drug-likeness (QED) is 0.231. The minimum absolute atomic E-state index is 0.507. The summed E-state index contributed by atoms with van der Waals surface area (Å²) in [7, 11) is 0. The van der Waals surface area contributed by atoms with E-state index in [2.05, 4.69) is 12.1 Å². The van der Waals surface area contributed by atoms with Gasteiger partial charge in [-0.3, -0.25) is 0 Å². The number of hydrogen-bond donors (Lipinski definition) is 0. The van der Waals surface area contributed by atoms with Crippen LogP contribution in [-0.2, 0) is 0 Å². The van der Waals surface area contributed by atoms with Crippen molar-refractivity contribution < 1.29 is 8.83 Å². The summed E-state index contributed by atoms with van der Waals surface area (Å²) < 4.78 is 12.6. The Morgan fingerprint density at radius 2 is 1.03 bits per heavy atom. The van der Waals surface area contributed by atoms with Gasteiger partial charge in [-0.1, -0.05) is 90.5 Å². The first-order chi connectivity index (χ1) is 19.2. The number of aromatic nitrogens is 3. The predicted octanol–water partition coefficient (Wildman–Crippen LogP) is 9.32. The summed E-state index contributed by atoms with van der Waals surface area (Å²) in [6.45, 7) is 0. The van der Waals surface area contributed by atoms with Crippen molar-refractivity contribution in [2.75, 3.05) is 0 Å². The van der Waals surface area contributed by atoms with Crippen molar-refractivity contribution in [1.29, 1.82) is 0 Å². The Balaban J connectivity index is 1.43. The lowest BCUT2D eigenvalue weighted by Gasteiger charge is -2.09. The van der Waals surface area contributed by atoms with Crippen molar-refractivity contribution in [2.24, 2.45) is 0 Å². The zero-order valence-corrected chi connectivity index (χ0v) is 21.2. The Morgan fingerprint density at radius 1 is 0.462 bits per heavy atom. The molecule has 0 fully saturated rings. The zero-order valence-electron chi connectivity index (χ0n) is 20.4. The van der Waals surface area contributed by atoms with E-state index in [0.717, 1.165) is 55.0 Å². The van der Waals surface area contributed by atoms with Gasteiger partial charge in [-0.25, -0.2) is 15.0 Å². The summed E-state index contributed by atoms with van der Waals surface area (Å²) in [4.78, 5) is 14.8. The molecule has 0 N–H and O–H groups in total. The third-order valence-corrected chi connectivity index (χ3v) is 7.34. The average Bonchev–Trinajstić information content (AvgIpc) is 3.56. The van der Waals surface area contributed by atoms with E-state index in [1.54, 1.807) is 0 Å². The van der Waals surface area contributed by atoms with Crippen molar-refractivity contribution in [2.45, 2.75) is 0 Å². The molecule has 0 saturated carbocycles. The fraction of sp³-hybridized carbons (Fsp3) is 0. The number of halogens is 1. The lowest BCUT2D eigenvalue weighted by atomic mass is 10.1. The molecule has 184 valence electrons. The van der Waals surface area contributed by atoms with Crippen molar-refractivity contribution in [3.8, 4) is 34.2 Å². The first-order valence-corrected chi connectivity index (χ1v) is 12.9. The molecule has 39 heavy (non-hydrogen) atoms. The van der Waals surface area contributed by atoms with E-state index in [1.807, 2.05) is 97.1 Å². The lowest BCUT2D eigenvalue weighted by Crippen LogP contribution is -2.00. The van der Waals surface area contributed by atoms with Gasteiger partial charge in [-0.05, 0) is 30.3 Å². The first kappa shape index (κ1) is 22.0. The van der Waals surface area contributed by atoms with Gasteiger partial charge in [-0.2, -0.15) is 0 Å². The largest absolute Gasteiger partial charge is 0.455 e. The number of fused-ring (bicyclic) bond motifs is 6. The Bertz CT molecular complexity index is 2200. The number of nitrogens with zero attached hydrogens (tertiary/aromatic N) is 3. The summed E-state index contributed by atoms with van der Waals surface area (Å²) in [5, 5.41) is 4.49. The molecule has 8 rings (SSSR count). The molecule has 0 unspecified atom stereocenters. The minimum atomic E-state index is 0.507. The van der Waals surface area contributed by atoms with Crippen molar-refractivity contribution in [3.63, 3.8) is 0 Å². The molecule has 0 aliphatic carbocycles. The van der Waals surface area contributed by atoms with Crippen molar-refractivity contribution >= 4 is 55.5 Å². The SMILES string of the molecule is Clc1cccc2oc3c(-c4nc(-c5ccccc5)nc(-c5cccc6c5oc5ccccc56)n4)cccc3c12. The van der Waals surface area contributed by atoms with Crippen molar-refractivity contribution in [1.82, 2.24) is 15.0 Å². The second-order valence-electron chi connectivity index (χ2n) is 9.35. The van der Waals surface area contributed by atoms with Gasteiger partial charge in [0.1, 0.15) is 22.3 Å². The van der Waals surface area contributed by atoms with E-state index in [4.69, 9.17) is 35.4 Å². The molecule has 6 heteroatoms. The smallest absolute Gasteiger partial charge is 0.167 e. The maximum absolute atomic E-state index is 6.56. The monoisotopic (exact) mass is 523 g/mol. The first-order valence-electron chi connectivity index (χ1n) is 12.6. The number of para-hydroxylation sites is 3. The van der Waals surface area contributed by atoms with Crippen LogP contribution in [0.15, 0.2) is 118 Å². The Morgan fingerprint density at radius 3 is 1.82 bits per heavy atom. The molecule has 0 bridgehead atoms. The van der Waals surface area contributed by atoms with Crippen LogP contribution in [0.3, 0.4) is 0 Å². The maximum atomic E-state index is 6.56. The van der Waals surface area contributed by atoms with Gasteiger partial charge in [0.05, 0.1) is 16.1 Å². The van der Waals surface area contributed by atoms with Crippen LogP contribution in [-0.4, -0.2) is 15.0 Å². The standard InChI is InChI=1S/C33H18ClN3O2/c34-25-16-8-18-27-28(25)22-13-7-15-24(30(22)39-27)33-36-31(19-9-2-1-3-10-19)35-32(37-33)23-14-6-12-21-20-11-4-5-17-26(20)38-29(21)23/h1-18H. The molecule has 0 aliphatic rings. The lowest BCUT2D eigenvalue weighted by molar-refractivity contribution is 0.669. The molecule has 0 saturated heterocycles. The highest BCUT2D eigenvalue weighted by atomic mass is 35.5. The summed E-state index contributed by atoms with van der Waals surface area (Å²) in [6, 6.07) is 35.6. The molecule has 3 aromatic heterocycles. The normalized spacial score (nSPS) is 11.7. The fourth-order valence-electron chi connectivity index (χ4n) is 5.24. The Labute approximate surface area is 227 Å². The molecule has 3 heterocycles. The van der Waals surface area contributed by atoms with Gasteiger partial charge < -0.3 is 8.83 Å². The van der Waals surface area contributed by atoms with Gasteiger partial charge >= 0.3 is 0 Å². The molecule has 0 aliphatic heterocycles. The summed E-state index contributed by atoms with van der Waals surface area (Å²) in [6.07, 6.45) is 0. The summed E-state index contributed by atoms with van der Waals surface area (Å²) in [5.41, 5.74) is 5.40. The van der Waals surface area contributed by atoms with Crippen LogP contribution < -0.4 is 0 Å². The van der Waals surface area contributed by atoms with Gasteiger partial charge in [-0.15, -0.1) is 0 Å². The summed E-state index contributed by atoms with van der Waals surface area (Å²) in [5.74, 6) is 1.59. The van der Waals surface area contributed by atoms with Gasteiger partial charge in [0.25, 0.3) is 0 Å². The predicted molar refractivity (Wildman–Crippen MR) is 156 cm³/mol. The number of furan rings is 2. The third kappa shape index (κ3) is 3.44. The molecule has 8 aromatic rings. The van der Waals surface area contributed by atoms with Crippen LogP contribution in [0.4, 0.5) is 0 Å². The fourth-order valence-corrected chi connectivity index (χ4v) is 5.50. The highest BCUT2D eigenvalue weighted by Crippen LogP contribution is 2.39. The van der Waals surface area contributed by atoms with Gasteiger partial charge in [0.2, 0.25) is 0 Å². The Hall–Kier alpha value is -5.00. The van der Waals surface area contributed by atoms with Crippen LogP contribution in [0, 0.1) is 0 Å². The highest BCUT2D eigenvalue weighted by molar-refractivity contribution is 6.37. The third-order valence-electron chi connectivity index (χ3n) is 7.03. The van der Waals surface area contributed by atoms with E-state index in [0.29, 0.717) is 28.1 Å². The van der Waals surface area contributed by atoms with E-state index in [-0.39, 0.29) is 0 Å². The van der Waals surface area contributed by atoms with Crippen LogP contribution in [0.25, 0.3) is 78.0 Å².